The molecule has 3 N–H and O–H groups in total. The number of rotatable bonds is 8. The van der Waals surface area contributed by atoms with Crippen LogP contribution in [0.2, 0.25) is 0 Å². The summed E-state index contributed by atoms with van der Waals surface area (Å²) in [6, 6.07) is 11.7. The van der Waals surface area contributed by atoms with Gasteiger partial charge >= 0.3 is 0 Å². The highest BCUT2D eigenvalue weighted by atomic mass is 32.2. The minimum absolute atomic E-state index is 0.0223. The minimum Gasteiger partial charge on any atom is -0.394 e. The fourth-order valence-corrected chi connectivity index (χ4v) is 4.85. The number of benzene rings is 2. The molecule has 0 spiro atoms. The zero-order valence-electron chi connectivity index (χ0n) is 17.3. The molecule has 0 unspecified atom stereocenters. The molecule has 1 heterocycles. The maximum Gasteiger partial charge on any atom is 0.254 e. The summed E-state index contributed by atoms with van der Waals surface area (Å²) in [5.74, 6) is -1.09. The predicted molar refractivity (Wildman–Crippen MR) is 114 cm³/mol. The molecular weight excluding hydrogens is 423 g/mol. The lowest BCUT2D eigenvalue weighted by atomic mass is 9.98. The number of carbonyl (C=O) groups excluding carboxylic acids is 1. The number of hydrogen-bond acceptors (Lipinski definition) is 5. The molecule has 168 valence electrons. The number of hydrogen-bond donors (Lipinski definition) is 3. The van der Waals surface area contributed by atoms with Gasteiger partial charge in [-0.1, -0.05) is 29.8 Å². The number of sulfonamides is 1. The topological polar surface area (TPSA) is 105 Å². The van der Waals surface area contributed by atoms with Gasteiger partial charge < -0.3 is 15.2 Å². The molecule has 1 fully saturated rings. The van der Waals surface area contributed by atoms with Crippen molar-refractivity contribution < 1.29 is 27.4 Å². The third-order valence-electron chi connectivity index (χ3n) is 5.30. The number of carbonyl (C=O) groups is 1. The largest absolute Gasteiger partial charge is 0.394 e. The van der Waals surface area contributed by atoms with E-state index in [9.17, 15) is 22.7 Å². The highest BCUT2D eigenvalue weighted by Gasteiger charge is 2.33. The van der Waals surface area contributed by atoms with E-state index in [2.05, 4.69) is 10.0 Å². The molecule has 1 aliphatic heterocycles. The number of aryl methyl sites for hydroxylation is 1. The van der Waals surface area contributed by atoms with Crippen LogP contribution >= 0.6 is 0 Å². The van der Waals surface area contributed by atoms with Crippen LogP contribution in [0.4, 0.5) is 4.39 Å². The Kier molecular flexibility index (Phi) is 7.77. The van der Waals surface area contributed by atoms with E-state index in [1.54, 1.807) is 18.2 Å². The number of nitrogens with one attached hydrogen (secondary N) is 2. The molecule has 0 aromatic heterocycles. The molecule has 0 radical (unpaired) electrons. The zero-order chi connectivity index (χ0) is 22.4. The second kappa shape index (κ2) is 10.3. The fourth-order valence-electron chi connectivity index (χ4n) is 3.55. The van der Waals surface area contributed by atoms with Crippen molar-refractivity contribution >= 4 is 15.9 Å². The van der Waals surface area contributed by atoms with Crippen molar-refractivity contribution in [1.29, 1.82) is 0 Å². The van der Waals surface area contributed by atoms with E-state index in [1.807, 2.05) is 6.92 Å². The van der Waals surface area contributed by atoms with E-state index < -0.39 is 33.9 Å². The van der Waals surface area contributed by atoms with Gasteiger partial charge in [0.15, 0.2) is 0 Å². The van der Waals surface area contributed by atoms with Crippen molar-refractivity contribution in [2.75, 3.05) is 13.2 Å². The third-order valence-corrected chi connectivity index (χ3v) is 6.81. The van der Waals surface area contributed by atoms with E-state index in [4.69, 9.17) is 4.74 Å². The molecule has 1 aliphatic rings. The SMILES string of the molecule is Cc1ccc(S(=O)(=O)N[C@H]2CC[C@@H](CCNC(=O)c3ccccc3F)O[C@H]2CO)cc1. The molecule has 0 saturated carbocycles. The van der Waals surface area contributed by atoms with Crippen LogP contribution in [0.25, 0.3) is 0 Å². The van der Waals surface area contributed by atoms with Crippen LogP contribution in [0.3, 0.4) is 0 Å². The molecule has 2 aromatic rings. The molecule has 2 aromatic carbocycles. The molecule has 7 nitrogen and oxygen atoms in total. The van der Waals surface area contributed by atoms with Gasteiger partial charge in [0.05, 0.1) is 35.3 Å². The first-order valence-electron chi connectivity index (χ1n) is 10.2. The molecule has 0 bridgehead atoms. The Labute approximate surface area is 181 Å². The van der Waals surface area contributed by atoms with Crippen LogP contribution in [0, 0.1) is 12.7 Å². The maximum atomic E-state index is 13.7. The minimum atomic E-state index is -3.73. The van der Waals surface area contributed by atoms with Gasteiger partial charge in [-0.25, -0.2) is 17.5 Å². The van der Waals surface area contributed by atoms with E-state index in [0.29, 0.717) is 19.3 Å². The second-order valence-corrected chi connectivity index (χ2v) is 9.34. The van der Waals surface area contributed by atoms with Gasteiger partial charge in [-0.3, -0.25) is 4.79 Å². The first-order valence-corrected chi connectivity index (χ1v) is 11.7. The third kappa shape index (κ3) is 6.10. The molecule has 31 heavy (non-hydrogen) atoms. The summed E-state index contributed by atoms with van der Waals surface area (Å²) in [5.41, 5.74) is 0.934. The molecule has 3 atom stereocenters. The number of amides is 1. The maximum absolute atomic E-state index is 13.7. The molecule has 1 saturated heterocycles. The zero-order valence-corrected chi connectivity index (χ0v) is 18.1. The van der Waals surface area contributed by atoms with Gasteiger partial charge in [0.25, 0.3) is 5.91 Å². The number of aliphatic hydroxyl groups excluding tert-OH is 1. The summed E-state index contributed by atoms with van der Waals surface area (Å²) in [6.07, 6.45) is 0.572. The summed E-state index contributed by atoms with van der Waals surface area (Å²) in [5, 5.41) is 12.4. The van der Waals surface area contributed by atoms with Crippen molar-refractivity contribution in [2.45, 2.75) is 49.3 Å². The molecule has 0 aliphatic carbocycles. The standard InChI is InChI=1S/C22H27FN2O5S/c1-15-6-9-17(10-7-15)31(28,29)25-20-11-8-16(30-21(20)14-26)12-13-24-22(27)18-4-2-3-5-19(18)23/h2-7,9-10,16,20-21,25-26H,8,11-14H2,1H3,(H,24,27)/t16-,20-,21-/m0/s1. The Hall–Kier alpha value is -2.33. The average Bonchev–Trinajstić information content (AvgIpc) is 2.75. The van der Waals surface area contributed by atoms with E-state index in [0.717, 1.165) is 5.56 Å². The van der Waals surface area contributed by atoms with Crippen LogP contribution < -0.4 is 10.0 Å². The summed E-state index contributed by atoms with van der Waals surface area (Å²) in [4.78, 5) is 12.2. The number of aliphatic hydroxyl groups is 1. The molecular formula is C22H27FN2O5S. The number of ether oxygens (including phenoxy) is 1. The fraction of sp³-hybridized carbons (Fsp3) is 0.409. The number of halogens is 1. The Morgan fingerprint density at radius 1 is 1.16 bits per heavy atom. The van der Waals surface area contributed by atoms with Crippen LogP contribution in [-0.4, -0.2) is 50.8 Å². The molecule has 1 amide bonds. The Morgan fingerprint density at radius 2 is 1.87 bits per heavy atom. The first kappa shape index (κ1) is 23.3. The van der Waals surface area contributed by atoms with Gasteiger partial charge in [-0.05, 0) is 50.5 Å². The Morgan fingerprint density at radius 3 is 2.55 bits per heavy atom. The predicted octanol–water partition coefficient (Wildman–Crippen LogP) is 2.14. The summed E-state index contributed by atoms with van der Waals surface area (Å²) in [7, 11) is -3.73. The van der Waals surface area contributed by atoms with Crippen molar-refractivity contribution in [2.24, 2.45) is 0 Å². The van der Waals surface area contributed by atoms with Crippen molar-refractivity contribution in [1.82, 2.24) is 10.0 Å². The van der Waals surface area contributed by atoms with Crippen molar-refractivity contribution in [3.05, 3.63) is 65.5 Å². The summed E-state index contributed by atoms with van der Waals surface area (Å²) in [6.45, 7) is 1.81. The van der Waals surface area contributed by atoms with Gasteiger partial charge in [0, 0.05) is 6.54 Å². The van der Waals surface area contributed by atoms with Gasteiger partial charge in [0.2, 0.25) is 10.0 Å². The van der Waals surface area contributed by atoms with Gasteiger partial charge in [-0.15, -0.1) is 0 Å². The van der Waals surface area contributed by atoms with Crippen LogP contribution in [0.15, 0.2) is 53.4 Å². The quantitative estimate of drug-likeness (QED) is 0.572. The van der Waals surface area contributed by atoms with Crippen molar-refractivity contribution in [3.63, 3.8) is 0 Å². The van der Waals surface area contributed by atoms with E-state index in [-0.39, 0.29) is 29.7 Å². The monoisotopic (exact) mass is 450 g/mol. The smallest absolute Gasteiger partial charge is 0.254 e. The second-order valence-electron chi connectivity index (χ2n) is 7.62. The highest BCUT2D eigenvalue weighted by Crippen LogP contribution is 2.23. The normalized spacial score (nSPS) is 21.6. The van der Waals surface area contributed by atoms with E-state index in [1.165, 1.54) is 30.3 Å². The molecule has 9 heteroatoms. The summed E-state index contributed by atoms with van der Waals surface area (Å²) >= 11 is 0. The van der Waals surface area contributed by atoms with E-state index >= 15 is 0 Å². The van der Waals surface area contributed by atoms with Crippen LogP contribution in [-0.2, 0) is 14.8 Å². The first-order chi connectivity index (χ1) is 14.8. The Balaban J connectivity index is 1.51. The van der Waals surface area contributed by atoms with Gasteiger partial charge in [0.1, 0.15) is 5.82 Å². The van der Waals surface area contributed by atoms with Gasteiger partial charge in [-0.2, -0.15) is 0 Å². The average molecular weight is 451 g/mol. The lowest BCUT2D eigenvalue weighted by Crippen LogP contribution is -2.51. The lowest BCUT2D eigenvalue weighted by Gasteiger charge is -2.36. The lowest BCUT2D eigenvalue weighted by molar-refractivity contribution is -0.0871. The molecule has 3 rings (SSSR count). The highest BCUT2D eigenvalue weighted by molar-refractivity contribution is 7.89. The van der Waals surface area contributed by atoms with Crippen LogP contribution in [0.5, 0.6) is 0 Å². The Bertz CT molecular complexity index is 997. The van der Waals surface area contributed by atoms with Crippen molar-refractivity contribution in [3.8, 4) is 0 Å². The summed E-state index contributed by atoms with van der Waals surface area (Å²) < 4.78 is 47.4. The van der Waals surface area contributed by atoms with Crippen LogP contribution in [0.1, 0.15) is 35.2 Å².